The van der Waals surface area contributed by atoms with Crippen LogP contribution < -0.4 is 20.5 Å². The van der Waals surface area contributed by atoms with Crippen LogP contribution in [0.25, 0.3) is 10.9 Å². The number of pyridine rings is 1. The lowest BCUT2D eigenvalue weighted by Gasteiger charge is -2.18. The number of carbonyl (C=O) groups is 3. The zero-order valence-electron chi connectivity index (χ0n) is 18.3. The van der Waals surface area contributed by atoms with E-state index in [0.717, 1.165) is 16.5 Å². The monoisotopic (exact) mass is 435 g/mol. The molecule has 3 rings (SSSR count). The molecule has 2 atom stereocenters. The highest BCUT2D eigenvalue weighted by molar-refractivity contribution is 5.99. The zero-order valence-corrected chi connectivity index (χ0v) is 18.3. The van der Waals surface area contributed by atoms with Crippen molar-refractivity contribution >= 4 is 34.5 Å². The van der Waals surface area contributed by atoms with E-state index in [4.69, 9.17) is 4.74 Å². The molecule has 3 N–H and O–H groups in total. The molecular weight excluding hydrogens is 408 g/mol. The zero-order chi connectivity index (χ0) is 23.1. The third-order valence-corrected chi connectivity index (χ3v) is 4.95. The van der Waals surface area contributed by atoms with Gasteiger partial charge in [-0.2, -0.15) is 0 Å². The molecule has 0 aliphatic carbocycles. The number of aryl methyl sites for hydroxylation is 1. The molecule has 0 spiro atoms. The van der Waals surface area contributed by atoms with E-state index in [1.807, 2.05) is 78.5 Å². The summed E-state index contributed by atoms with van der Waals surface area (Å²) in [6, 6.07) is 17.0. The minimum absolute atomic E-state index is 0.101. The predicted octanol–water partition coefficient (Wildman–Crippen LogP) is 2.42. The van der Waals surface area contributed by atoms with E-state index in [9.17, 15) is 14.4 Å². The second kappa shape index (κ2) is 10.4. The molecule has 0 radical (unpaired) electrons. The predicted molar refractivity (Wildman–Crippen MR) is 121 cm³/mol. The Morgan fingerprint density at radius 3 is 2.38 bits per heavy atom. The van der Waals surface area contributed by atoms with Crippen LogP contribution in [0, 0.1) is 0 Å². The summed E-state index contributed by atoms with van der Waals surface area (Å²) in [4.78, 5) is 36.8. The van der Waals surface area contributed by atoms with Crippen LogP contribution in [-0.4, -0.2) is 30.0 Å². The number of nitrogens with one attached hydrogen (secondary N) is 3. The topological polar surface area (TPSA) is 100 Å². The Morgan fingerprint density at radius 2 is 1.62 bits per heavy atom. The van der Waals surface area contributed by atoms with Gasteiger partial charge in [0.2, 0.25) is 17.3 Å². The number of fused-ring (bicyclic) bond motifs is 1. The van der Waals surface area contributed by atoms with Gasteiger partial charge in [-0.1, -0.05) is 30.3 Å². The molecule has 3 aromatic rings. The van der Waals surface area contributed by atoms with Gasteiger partial charge in [0, 0.05) is 23.2 Å². The minimum Gasteiger partial charge on any atom is -0.445 e. The molecule has 32 heavy (non-hydrogen) atoms. The highest BCUT2D eigenvalue weighted by Crippen LogP contribution is 2.16. The van der Waals surface area contributed by atoms with E-state index in [2.05, 4.69) is 16.0 Å². The molecule has 166 valence electrons. The van der Waals surface area contributed by atoms with Gasteiger partial charge < -0.3 is 20.7 Å². The van der Waals surface area contributed by atoms with E-state index in [1.54, 1.807) is 6.92 Å². The largest absolute Gasteiger partial charge is 0.445 e. The number of aromatic nitrogens is 1. The van der Waals surface area contributed by atoms with Crippen molar-refractivity contribution in [1.29, 1.82) is 0 Å². The average Bonchev–Trinajstić information content (AvgIpc) is 2.78. The number of hydrogen-bond acceptors (Lipinski definition) is 4. The molecule has 2 aromatic carbocycles. The fourth-order valence-corrected chi connectivity index (χ4v) is 3.10. The van der Waals surface area contributed by atoms with Crippen molar-refractivity contribution in [3.05, 3.63) is 72.4 Å². The number of benzene rings is 2. The number of amides is 3. The first-order chi connectivity index (χ1) is 15.3. The van der Waals surface area contributed by atoms with Crippen molar-refractivity contribution < 1.29 is 23.7 Å². The molecule has 0 saturated heterocycles. The van der Waals surface area contributed by atoms with Crippen molar-refractivity contribution in [2.45, 2.75) is 32.5 Å². The molecular formula is C24H27N4O4+. The van der Waals surface area contributed by atoms with Gasteiger partial charge in [-0.15, -0.1) is 0 Å². The van der Waals surface area contributed by atoms with Crippen LogP contribution in [0.4, 0.5) is 10.5 Å². The first-order valence-corrected chi connectivity index (χ1v) is 10.3. The third-order valence-electron chi connectivity index (χ3n) is 4.95. The summed E-state index contributed by atoms with van der Waals surface area (Å²) in [5, 5.41) is 8.85. The summed E-state index contributed by atoms with van der Waals surface area (Å²) in [6.45, 7) is 3.20. The Hall–Kier alpha value is -3.94. The Labute approximate surface area is 186 Å². The van der Waals surface area contributed by atoms with Crippen LogP contribution >= 0.6 is 0 Å². The lowest BCUT2D eigenvalue weighted by molar-refractivity contribution is -0.644. The fourth-order valence-electron chi connectivity index (χ4n) is 3.10. The number of anilines is 1. The Morgan fingerprint density at radius 1 is 0.906 bits per heavy atom. The van der Waals surface area contributed by atoms with Crippen LogP contribution in [0.5, 0.6) is 0 Å². The Balaban J connectivity index is 1.48. The third kappa shape index (κ3) is 6.04. The van der Waals surface area contributed by atoms with Crippen LogP contribution in [0.15, 0.2) is 66.9 Å². The van der Waals surface area contributed by atoms with Crippen molar-refractivity contribution in [1.82, 2.24) is 10.6 Å². The summed E-state index contributed by atoms with van der Waals surface area (Å²) in [7, 11) is 1.95. The SMILES string of the molecule is C[C@H](NC(=O)OCc1ccccc1)C(=O)N[C@@H](C)C(=O)Nc1ccc2c(ccc[n+]2C)c1. The van der Waals surface area contributed by atoms with Gasteiger partial charge in [0.05, 0.1) is 0 Å². The van der Waals surface area contributed by atoms with Crippen molar-refractivity contribution in [3.63, 3.8) is 0 Å². The molecule has 0 aliphatic heterocycles. The molecule has 0 unspecified atom stereocenters. The molecule has 3 amide bonds. The molecule has 0 bridgehead atoms. The standard InChI is InChI=1S/C24H26N4O4/c1-16(23(30)27-20-11-12-21-19(14-20)10-7-13-28(21)3)25-22(29)17(2)26-24(31)32-15-18-8-5-4-6-9-18/h4-14,16-17H,15H2,1-3H3,(H2-,25,26,27,29,30,31)/p+1/t16-,17-/m0/s1. The minimum atomic E-state index is -0.866. The van der Waals surface area contributed by atoms with Gasteiger partial charge in [-0.25, -0.2) is 9.36 Å². The van der Waals surface area contributed by atoms with Crippen LogP contribution in [0.1, 0.15) is 19.4 Å². The Kier molecular flexibility index (Phi) is 7.38. The van der Waals surface area contributed by atoms with E-state index in [-0.39, 0.29) is 12.5 Å². The molecule has 8 heteroatoms. The van der Waals surface area contributed by atoms with E-state index in [1.165, 1.54) is 6.92 Å². The quantitative estimate of drug-likeness (QED) is 0.496. The molecule has 0 fully saturated rings. The molecule has 0 saturated carbocycles. The fraction of sp³-hybridized carbons (Fsp3) is 0.250. The summed E-state index contributed by atoms with van der Waals surface area (Å²) in [5.41, 5.74) is 2.50. The van der Waals surface area contributed by atoms with E-state index < -0.39 is 24.1 Å². The van der Waals surface area contributed by atoms with E-state index >= 15 is 0 Å². The maximum atomic E-state index is 12.5. The molecule has 8 nitrogen and oxygen atoms in total. The lowest BCUT2D eigenvalue weighted by Crippen LogP contribution is -2.50. The van der Waals surface area contributed by atoms with Gasteiger partial charge in [-0.3, -0.25) is 9.59 Å². The number of rotatable bonds is 7. The van der Waals surface area contributed by atoms with E-state index in [0.29, 0.717) is 5.69 Å². The highest BCUT2D eigenvalue weighted by atomic mass is 16.5. The number of carbonyl (C=O) groups excluding carboxylic acids is 3. The van der Waals surface area contributed by atoms with Gasteiger partial charge in [-0.05, 0) is 37.6 Å². The summed E-state index contributed by atoms with van der Waals surface area (Å²) >= 11 is 0. The molecule has 1 heterocycles. The number of alkyl carbamates (subject to hydrolysis) is 1. The molecule has 0 aliphatic rings. The van der Waals surface area contributed by atoms with Crippen molar-refractivity contribution in [2.75, 3.05) is 5.32 Å². The van der Waals surface area contributed by atoms with Gasteiger partial charge in [0.25, 0.3) is 0 Å². The number of nitrogens with zero attached hydrogens (tertiary/aromatic N) is 1. The van der Waals surface area contributed by atoms with Crippen molar-refractivity contribution in [2.24, 2.45) is 7.05 Å². The normalized spacial score (nSPS) is 12.5. The summed E-state index contributed by atoms with van der Waals surface area (Å²) in [6.07, 6.45) is 1.24. The average molecular weight is 436 g/mol. The lowest BCUT2D eigenvalue weighted by atomic mass is 10.2. The van der Waals surface area contributed by atoms with Gasteiger partial charge >= 0.3 is 6.09 Å². The number of ether oxygens (including phenoxy) is 1. The number of hydrogen-bond donors (Lipinski definition) is 3. The summed E-state index contributed by atoms with van der Waals surface area (Å²) < 4.78 is 7.10. The van der Waals surface area contributed by atoms with Gasteiger partial charge in [0.1, 0.15) is 25.7 Å². The second-order valence-corrected chi connectivity index (χ2v) is 7.54. The van der Waals surface area contributed by atoms with Crippen molar-refractivity contribution in [3.8, 4) is 0 Å². The first kappa shape index (κ1) is 22.7. The first-order valence-electron chi connectivity index (χ1n) is 10.3. The van der Waals surface area contributed by atoms with Gasteiger partial charge in [0.15, 0.2) is 6.20 Å². The maximum Gasteiger partial charge on any atom is 0.408 e. The highest BCUT2D eigenvalue weighted by Gasteiger charge is 2.21. The van der Waals surface area contributed by atoms with Crippen LogP contribution in [-0.2, 0) is 28.0 Å². The molecule has 1 aromatic heterocycles. The van der Waals surface area contributed by atoms with Crippen LogP contribution in [0.3, 0.4) is 0 Å². The Bertz CT molecular complexity index is 1120. The van der Waals surface area contributed by atoms with Crippen LogP contribution in [0.2, 0.25) is 0 Å². The smallest absolute Gasteiger partial charge is 0.408 e. The second-order valence-electron chi connectivity index (χ2n) is 7.54. The maximum absolute atomic E-state index is 12.5. The summed E-state index contributed by atoms with van der Waals surface area (Å²) in [5.74, 6) is -0.855.